The van der Waals surface area contributed by atoms with Gasteiger partial charge < -0.3 is 9.57 Å². The van der Waals surface area contributed by atoms with Crippen molar-refractivity contribution in [3.8, 4) is 5.75 Å². The standard InChI is InChI=1S/C12H14ClNO2/c1-8-5-9(3-4-12(8)15-2)11-6-10(7-13)16-14-11/h3-5,10H,6-7H2,1-2H3. The van der Waals surface area contributed by atoms with Gasteiger partial charge in [-0.2, -0.15) is 0 Å². The Hall–Kier alpha value is -1.22. The largest absolute Gasteiger partial charge is 0.496 e. The number of aryl methyl sites for hydroxylation is 1. The first-order valence-electron chi connectivity index (χ1n) is 5.18. The van der Waals surface area contributed by atoms with E-state index >= 15 is 0 Å². The highest BCUT2D eigenvalue weighted by atomic mass is 35.5. The molecule has 1 heterocycles. The molecular formula is C12H14ClNO2. The monoisotopic (exact) mass is 239 g/mol. The summed E-state index contributed by atoms with van der Waals surface area (Å²) in [6, 6.07) is 5.99. The highest BCUT2D eigenvalue weighted by Gasteiger charge is 2.21. The van der Waals surface area contributed by atoms with Crippen molar-refractivity contribution < 1.29 is 9.57 Å². The molecule has 1 unspecified atom stereocenters. The second-order valence-corrected chi connectivity index (χ2v) is 4.12. The Morgan fingerprint density at radius 2 is 2.38 bits per heavy atom. The van der Waals surface area contributed by atoms with Gasteiger partial charge in [-0.15, -0.1) is 11.6 Å². The van der Waals surface area contributed by atoms with Gasteiger partial charge >= 0.3 is 0 Å². The maximum atomic E-state index is 5.72. The van der Waals surface area contributed by atoms with E-state index in [9.17, 15) is 0 Å². The van der Waals surface area contributed by atoms with Crippen molar-refractivity contribution >= 4 is 17.3 Å². The molecule has 3 nitrogen and oxygen atoms in total. The van der Waals surface area contributed by atoms with E-state index in [1.54, 1.807) is 7.11 Å². The van der Waals surface area contributed by atoms with E-state index < -0.39 is 0 Å². The van der Waals surface area contributed by atoms with E-state index in [0.717, 1.165) is 29.0 Å². The summed E-state index contributed by atoms with van der Waals surface area (Å²) in [7, 11) is 1.67. The Bertz CT molecular complexity index is 417. The summed E-state index contributed by atoms with van der Waals surface area (Å²) in [6.45, 7) is 2.01. The summed E-state index contributed by atoms with van der Waals surface area (Å²) in [5.74, 6) is 1.36. The minimum atomic E-state index is 0.0130. The Kier molecular flexibility index (Phi) is 3.34. The lowest BCUT2D eigenvalue weighted by Gasteiger charge is -2.06. The molecule has 0 bridgehead atoms. The third-order valence-electron chi connectivity index (χ3n) is 2.63. The minimum absolute atomic E-state index is 0.0130. The van der Waals surface area contributed by atoms with Crippen molar-refractivity contribution in [1.82, 2.24) is 0 Å². The number of nitrogens with zero attached hydrogens (tertiary/aromatic N) is 1. The molecule has 16 heavy (non-hydrogen) atoms. The first-order chi connectivity index (χ1) is 7.74. The number of benzene rings is 1. The summed E-state index contributed by atoms with van der Waals surface area (Å²) in [5.41, 5.74) is 3.12. The molecule has 0 spiro atoms. The number of methoxy groups -OCH3 is 1. The van der Waals surface area contributed by atoms with Crippen LogP contribution in [0.5, 0.6) is 5.75 Å². The van der Waals surface area contributed by atoms with Crippen LogP contribution < -0.4 is 4.74 Å². The maximum absolute atomic E-state index is 5.72. The zero-order chi connectivity index (χ0) is 11.5. The fraction of sp³-hybridized carbons (Fsp3) is 0.417. The smallest absolute Gasteiger partial charge is 0.146 e. The molecule has 0 saturated carbocycles. The van der Waals surface area contributed by atoms with Crippen LogP contribution in [0.1, 0.15) is 17.5 Å². The number of rotatable bonds is 3. The van der Waals surface area contributed by atoms with Crippen LogP contribution in [0, 0.1) is 6.92 Å². The zero-order valence-electron chi connectivity index (χ0n) is 9.37. The predicted octanol–water partition coefficient (Wildman–Crippen LogP) is 2.74. The molecule has 2 rings (SSSR count). The van der Waals surface area contributed by atoms with Crippen LogP contribution in [0.4, 0.5) is 0 Å². The van der Waals surface area contributed by atoms with Gasteiger partial charge in [0.15, 0.2) is 0 Å². The summed E-state index contributed by atoms with van der Waals surface area (Å²) in [4.78, 5) is 5.19. The van der Waals surface area contributed by atoms with Crippen LogP contribution in [0.2, 0.25) is 0 Å². The van der Waals surface area contributed by atoms with Crippen molar-refractivity contribution in [1.29, 1.82) is 0 Å². The Morgan fingerprint density at radius 1 is 1.56 bits per heavy atom. The van der Waals surface area contributed by atoms with E-state index in [1.807, 2.05) is 19.1 Å². The SMILES string of the molecule is COc1ccc(C2=NOC(CCl)C2)cc1C. The molecule has 0 fully saturated rings. The van der Waals surface area contributed by atoms with Crippen molar-refractivity contribution in [2.45, 2.75) is 19.4 Å². The average Bonchev–Trinajstić information content (AvgIpc) is 2.77. The van der Waals surface area contributed by atoms with Gasteiger partial charge in [0.2, 0.25) is 0 Å². The van der Waals surface area contributed by atoms with E-state index in [-0.39, 0.29) is 6.10 Å². The van der Waals surface area contributed by atoms with Crippen LogP contribution in [-0.2, 0) is 4.84 Å². The van der Waals surface area contributed by atoms with Gasteiger partial charge in [-0.25, -0.2) is 0 Å². The molecule has 0 aliphatic carbocycles. The second-order valence-electron chi connectivity index (χ2n) is 3.81. The molecule has 1 atom stereocenters. The van der Waals surface area contributed by atoms with E-state index in [1.165, 1.54) is 0 Å². The summed E-state index contributed by atoms with van der Waals surface area (Å²) in [5, 5.41) is 4.05. The molecule has 0 aromatic heterocycles. The van der Waals surface area contributed by atoms with Gasteiger partial charge in [-0.1, -0.05) is 5.16 Å². The molecule has 0 amide bonds. The first-order valence-corrected chi connectivity index (χ1v) is 5.71. The summed E-state index contributed by atoms with van der Waals surface area (Å²) in [6.07, 6.45) is 0.786. The van der Waals surface area contributed by atoms with E-state index in [0.29, 0.717) is 5.88 Å². The Morgan fingerprint density at radius 3 is 2.94 bits per heavy atom. The van der Waals surface area contributed by atoms with Crippen molar-refractivity contribution in [3.05, 3.63) is 29.3 Å². The second kappa shape index (κ2) is 4.74. The summed E-state index contributed by atoms with van der Waals surface area (Å²) < 4.78 is 5.21. The van der Waals surface area contributed by atoms with Crippen molar-refractivity contribution in [2.24, 2.45) is 5.16 Å². The fourth-order valence-electron chi connectivity index (χ4n) is 1.74. The molecule has 0 saturated heterocycles. The highest BCUT2D eigenvalue weighted by Crippen LogP contribution is 2.23. The third-order valence-corrected chi connectivity index (χ3v) is 2.98. The van der Waals surface area contributed by atoms with Gasteiger partial charge in [0.1, 0.15) is 11.9 Å². The van der Waals surface area contributed by atoms with Crippen molar-refractivity contribution in [3.63, 3.8) is 0 Å². The maximum Gasteiger partial charge on any atom is 0.146 e. The molecule has 86 valence electrons. The van der Waals surface area contributed by atoms with Crippen LogP contribution in [0.25, 0.3) is 0 Å². The van der Waals surface area contributed by atoms with Gasteiger partial charge in [-0.3, -0.25) is 0 Å². The lowest BCUT2D eigenvalue weighted by molar-refractivity contribution is 0.102. The van der Waals surface area contributed by atoms with Gasteiger partial charge in [0.05, 0.1) is 18.7 Å². The Labute approximate surface area is 100.0 Å². The molecule has 1 aliphatic rings. The van der Waals surface area contributed by atoms with Crippen LogP contribution in [0.15, 0.2) is 23.4 Å². The van der Waals surface area contributed by atoms with Crippen LogP contribution in [0.3, 0.4) is 0 Å². The normalized spacial score (nSPS) is 19.2. The third kappa shape index (κ3) is 2.14. The lowest BCUT2D eigenvalue weighted by atomic mass is 10.0. The fourth-order valence-corrected chi connectivity index (χ4v) is 1.91. The molecule has 0 radical (unpaired) electrons. The molecule has 1 aliphatic heterocycles. The summed E-state index contributed by atoms with van der Waals surface area (Å²) >= 11 is 5.72. The van der Waals surface area contributed by atoms with E-state index in [4.69, 9.17) is 21.2 Å². The minimum Gasteiger partial charge on any atom is -0.496 e. The number of oxime groups is 1. The number of alkyl halides is 1. The molecule has 0 N–H and O–H groups in total. The Balaban J connectivity index is 2.20. The lowest BCUT2D eigenvalue weighted by Crippen LogP contribution is -2.09. The predicted molar refractivity (Wildman–Crippen MR) is 64.5 cm³/mol. The topological polar surface area (TPSA) is 30.8 Å². The number of ether oxygens (including phenoxy) is 1. The molecular weight excluding hydrogens is 226 g/mol. The van der Waals surface area contributed by atoms with Gasteiger partial charge in [0.25, 0.3) is 0 Å². The van der Waals surface area contributed by atoms with Crippen LogP contribution in [-0.4, -0.2) is 24.8 Å². The van der Waals surface area contributed by atoms with E-state index in [2.05, 4.69) is 11.2 Å². The number of hydrogen-bond acceptors (Lipinski definition) is 3. The number of hydrogen-bond donors (Lipinski definition) is 0. The number of halogens is 1. The van der Waals surface area contributed by atoms with Gasteiger partial charge in [-0.05, 0) is 36.2 Å². The first kappa shape index (κ1) is 11.3. The average molecular weight is 240 g/mol. The molecule has 1 aromatic rings. The van der Waals surface area contributed by atoms with Crippen LogP contribution >= 0.6 is 11.6 Å². The highest BCUT2D eigenvalue weighted by molar-refractivity contribution is 6.18. The zero-order valence-corrected chi connectivity index (χ0v) is 10.1. The van der Waals surface area contributed by atoms with Gasteiger partial charge in [0, 0.05) is 6.42 Å². The van der Waals surface area contributed by atoms with Crippen molar-refractivity contribution in [2.75, 3.05) is 13.0 Å². The quantitative estimate of drug-likeness (QED) is 0.760. The molecule has 1 aromatic carbocycles. The molecule has 4 heteroatoms.